The highest BCUT2D eigenvalue weighted by molar-refractivity contribution is 5.18. The molecule has 2 rings (SSSR count). The van der Waals surface area contributed by atoms with Crippen LogP contribution in [0.1, 0.15) is 58.1 Å². The number of hydrogen-bond acceptors (Lipinski definition) is 2. The average Bonchev–Trinajstić information content (AvgIpc) is 3.16. The normalized spacial score (nSPS) is 16.9. The molecule has 1 N–H and O–H groups in total. The molecule has 0 radical (unpaired) electrons. The van der Waals surface area contributed by atoms with Gasteiger partial charge < -0.3 is 9.88 Å². The van der Waals surface area contributed by atoms with Gasteiger partial charge in [0.05, 0.1) is 11.5 Å². The molecule has 0 amide bonds. The minimum absolute atomic E-state index is 0.235. The van der Waals surface area contributed by atoms with E-state index in [4.69, 9.17) is 5.26 Å². The standard InChI is InChI=1S/C17H27N3/c1-4-9-19-16(14-5-6-14)15-7-10-20(12-15)11-8-17(2,3)13-18/h7,10,12,14,16,19H,4-6,8-9,11H2,1-3H3. The molecule has 0 spiro atoms. The van der Waals surface area contributed by atoms with Crippen LogP contribution in [0.25, 0.3) is 0 Å². The zero-order chi connectivity index (χ0) is 14.6. The molecule has 1 aliphatic rings. The number of nitrogens with one attached hydrogen (secondary N) is 1. The number of aryl methyl sites for hydroxylation is 1. The molecule has 20 heavy (non-hydrogen) atoms. The molecule has 0 bridgehead atoms. The number of hydrogen-bond donors (Lipinski definition) is 1. The highest BCUT2D eigenvalue weighted by Crippen LogP contribution is 2.41. The summed E-state index contributed by atoms with van der Waals surface area (Å²) >= 11 is 0. The molecular weight excluding hydrogens is 246 g/mol. The van der Waals surface area contributed by atoms with E-state index in [1.165, 1.54) is 24.8 Å². The smallest absolute Gasteiger partial charge is 0.0684 e. The van der Waals surface area contributed by atoms with Gasteiger partial charge in [0, 0.05) is 25.0 Å². The Bertz CT molecular complexity index is 463. The molecule has 1 aromatic rings. The van der Waals surface area contributed by atoms with Gasteiger partial charge in [0.1, 0.15) is 0 Å². The van der Waals surface area contributed by atoms with Crippen LogP contribution in [0.5, 0.6) is 0 Å². The topological polar surface area (TPSA) is 40.8 Å². The summed E-state index contributed by atoms with van der Waals surface area (Å²) in [5.41, 5.74) is 1.18. The second-order valence-corrected chi connectivity index (χ2v) is 6.70. The largest absolute Gasteiger partial charge is 0.354 e. The first-order valence-electron chi connectivity index (χ1n) is 7.86. The van der Waals surface area contributed by atoms with Crippen molar-refractivity contribution in [1.82, 2.24) is 9.88 Å². The molecular formula is C17H27N3. The lowest BCUT2D eigenvalue weighted by atomic mass is 9.91. The summed E-state index contributed by atoms with van der Waals surface area (Å²) in [5.74, 6) is 0.827. The van der Waals surface area contributed by atoms with E-state index in [1.54, 1.807) is 0 Å². The molecule has 3 nitrogen and oxygen atoms in total. The molecule has 1 atom stereocenters. The quantitative estimate of drug-likeness (QED) is 0.781. The maximum atomic E-state index is 9.07. The Morgan fingerprint density at radius 1 is 1.50 bits per heavy atom. The van der Waals surface area contributed by atoms with Gasteiger partial charge in [-0.05, 0) is 63.6 Å². The third-order valence-corrected chi connectivity index (χ3v) is 4.14. The van der Waals surface area contributed by atoms with E-state index < -0.39 is 0 Å². The zero-order valence-corrected chi connectivity index (χ0v) is 13.0. The summed E-state index contributed by atoms with van der Waals surface area (Å²) < 4.78 is 2.23. The Balaban J connectivity index is 1.95. The van der Waals surface area contributed by atoms with E-state index in [0.29, 0.717) is 6.04 Å². The van der Waals surface area contributed by atoms with E-state index in [2.05, 4.69) is 41.3 Å². The maximum absolute atomic E-state index is 9.07. The van der Waals surface area contributed by atoms with Gasteiger partial charge in [0.25, 0.3) is 0 Å². The molecule has 1 saturated carbocycles. The van der Waals surface area contributed by atoms with Gasteiger partial charge in [0.15, 0.2) is 0 Å². The summed E-state index contributed by atoms with van der Waals surface area (Å²) in [6.07, 6.45) is 9.21. The fraction of sp³-hybridized carbons (Fsp3) is 0.706. The lowest BCUT2D eigenvalue weighted by Gasteiger charge is -2.17. The molecule has 1 aliphatic carbocycles. The lowest BCUT2D eigenvalue weighted by molar-refractivity contribution is 0.413. The van der Waals surface area contributed by atoms with Gasteiger partial charge >= 0.3 is 0 Å². The average molecular weight is 273 g/mol. The van der Waals surface area contributed by atoms with E-state index in [-0.39, 0.29) is 5.41 Å². The van der Waals surface area contributed by atoms with Crippen LogP contribution in [0.15, 0.2) is 18.5 Å². The van der Waals surface area contributed by atoms with Crippen LogP contribution in [-0.4, -0.2) is 11.1 Å². The molecule has 1 fully saturated rings. The van der Waals surface area contributed by atoms with Crippen molar-refractivity contribution >= 4 is 0 Å². The zero-order valence-electron chi connectivity index (χ0n) is 13.0. The Labute approximate surface area is 123 Å². The van der Waals surface area contributed by atoms with E-state index in [9.17, 15) is 0 Å². The molecule has 0 aliphatic heterocycles. The van der Waals surface area contributed by atoms with Gasteiger partial charge in [-0.3, -0.25) is 0 Å². The van der Waals surface area contributed by atoms with Crippen molar-refractivity contribution in [3.63, 3.8) is 0 Å². The van der Waals surface area contributed by atoms with Crippen molar-refractivity contribution in [3.05, 3.63) is 24.0 Å². The molecule has 0 aromatic carbocycles. The van der Waals surface area contributed by atoms with Crippen LogP contribution in [-0.2, 0) is 6.54 Å². The highest BCUT2D eigenvalue weighted by atomic mass is 15.0. The minimum atomic E-state index is -0.235. The summed E-state index contributed by atoms with van der Waals surface area (Å²) in [6.45, 7) is 8.24. The van der Waals surface area contributed by atoms with Gasteiger partial charge in [-0.1, -0.05) is 6.92 Å². The molecule has 1 aromatic heterocycles. The Hall–Kier alpha value is -1.27. The van der Waals surface area contributed by atoms with Crippen molar-refractivity contribution in [2.75, 3.05) is 6.54 Å². The first-order chi connectivity index (χ1) is 9.55. The monoisotopic (exact) mass is 273 g/mol. The van der Waals surface area contributed by atoms with Gasteiger partial charge in [0.2, 0.25) is 0 Å². The fourth-order valence-electron chi connectivity index (χ4n) is 2.53. The van der Waals surface area contributed by atoms with Crippen LogP contribution in [0.4, 0.5) is 0 Å². The van der Waals surface area contributed by atoms with E-state index in [1.807, 2.05) is 13.8 Å². The third kappa shape index (κ3) is 4.11. The van der Waals surface area contributed by atoms with Crippen LogP contribution < -0.4 is 5.32 Å². The number of nitriles is 1. The van der Waals surface area contributed by atoms with Crippen LogP contribution >= 0.6 is 0 Å². The van der Waals surface area contributed by atoms with Crippen molar-refractivity contribution in [1.29, 1.82) is 5.26 Å². The van der Waals surface area contributed by atoms with Crippen LogP contribution in [0.3, 0.4) is 0 Å². The summed E-state index contributed by atoms with van der Waals surface area (Å²) in [5, 5.41) is 12.8. The SMILES string of the molecule is CCCNC(c1ccn(CCC(C)(C)C#N)c1)C1CC1. The fourth-order valence-corrected chi connectivity index (χ4v) is 2.53. The van der Waals surface area contributed by atoms with Gasteiger partial charge in [-0.25, -0.2) is 0 Å². The lowest BCUT2D eigenvalue weighted by Crippen LogP contribution is -2.23. The van der Waals surface area contributed by atoms with Gasteiger partial charge in [-0.15, -0.1) is 0 Å². The Morgan fingerprint density at radius 3 is 2.85 bits per heavy atom. The summed E-state index contributed by atoms with van der Waals surface area (Å²) in [4.78, 5) is 0. The third-order valence-electron chi connectivity index (χ3n) is 4.14. The van der Waals surface area contributed by atoms with Crippen molar-refractivity contribution in [3.8, 4) is 6.07 Å². The Morgan fingerprint density at radius 2 is 2.25 bits per heavy atom. The highest BCUT2D eigenvalue weighted by Gasteiger charge is 2.32. The predicted molar refractivity (Wildman–Crippen MR) is 82.2 cm³/mol. The van der Waals surface area contributed by atoms with Crippen LogP contribution in [0.2, 0.25) is 0 Å². The molecule has 110 valence electrons. The molecule has 1 unspecified atom stereocenters. The van der Waals surface area contributed by atoms with Crippen molar-refractivity contribution in [2.45, 2.75) is 59.0 Å². The maximum Gasteiger partial charge on any atom is 0.0684 e. The van der Waals surface area contributed by atoms with E-state index >= 15 is 0 Å². The minimum Gasteiger partial charge on any atom is -0.354 e. The summed E-state index contributed by atoms with van der Waals surface area (Å²) in [6, 6.07) is 5.14. The number of rotatable bonds is 8. The molecule has 3 heteroatoms. The second-order valence-electron chi connectivity index (χ2n) is 6.70. The first-order valence-corrected chi connectivity index (χ1v) is 7.86. The van der Waals surface area contributed by atoms with Crippen molar-refractivity contribution < 1.29 is 0 Å². The summed E-state index contributed by atoms with van der Waals surface area (Å²) in [7, 11) is 0. The number of aromatic nitrogens is 1. The predicted octanol–water partition coefficient (Wildman–Crippen LogP) is 3.88. The molecule has 1 heterocycles. The molecule has 0 saturated heterocycles. The first kappa shape index (κ1) is 15.1. The number of nitrogens with zero attached hydrogens (tertiary/aromatic N) is 2. The van der Waals surface area contributed by atoms with Crippen molar-refractivity contribution in [2.24, 2.45) is 11.3 Å². The second kappa shape index (κ2) is 6.45. The Kier molecular flexibility index (Phi) is 4.88. The van der Waals surface area contributed by atoms with E-state index in [0.717, 1.165) is 25.4 Å². The van der Waals surface area contributed by atoms with Gasteiger partial charge in [-0.2, -0.15) is 5.26 Å². The van der Waals surface area contributed by atoms with Crippen LogP contribution in [0, 0.1) is 22.7 Å².